The van der Waals surface area contributed by atoms with E-state index in [-0.39, 0.29) is 24.4 Å². The Balaban J connectivity index is 1.29. The van der Waals surface area contributed by atoms with Crippen molar-refractivity contribution >= 4 is 29.6 Å². The minimum atomic E-state index is -0.680. The average molecular weight is 650 g/mol. The molecule has 2 fully saturated rings. The van der Waals surface area contributed by atoms with Crippen molar-refractivity contribution in [3.05, 3.63) is 70.7 Å². The van der Waals surface area contributed by atoms with Crippen molar-refractivity contribution in [1.29, 1.82) is 0 Å². The normalized spacial score (nSPS) is 18.5. The molecule has 3 aromatic rings. The lowest BCUT2D eigenvalue weighted by Gasteiger charge is -2.30. The zero-order valence-corrected chi connectivity index (χ0v) is 27.1. The first-order valence-corrected chi connectivity index (χ1v) is 17.0. The van der Waals surface area contributed by atoms with Crippen LogP contribution in [0, 0.1) is 5.82 Å². The number of nitrogens with zero attached hydrogens (tertiary/aromatic N) is 4. The maximum Gasteiger partial charge on any atom is 0.338 e. The minimum absolute atomic E-state index is 0.0526. The van der Waals surface area contributed by atoms with Crippen molar-refractivity contribution in [3.63, 3.8) is 0 Å². The molecule has 6 rings (SSSR count). The molecule has 1 aliphatic carbocycles. The van der Waals surface area contributed by atoms with Crippen molar-refractivity contribution in [2.45, 2.75) is 81.3 Å². The Hall–Kier alpha value is -4.06. The number of nitrogens with one attached hydrogen (secondary N) is 1. The molecule has 1 saturated carbocycles. The van der Waals surface area contributed by atoms with Crippen molar-refractivity contribution in [2.75, 3.05) is 32.1 Å². The molecule has 0 spiro atoms. The number of anilines is 1. The molecule has 12 heteroatoms. The number of thioether (sulfide) groups is 1. The Kier molecular flexibility index (Phi) is 10.1. The number of carbonyl (C=O) groups excluding carboxylic acids is 2. The van der Waals surface area contributed by atoms with Crippen LogP contribution in [0.4, 0.5) is 10.3 Å². The molecular formula is C34H40FN5O5S. The Morgan fingerprint density at radius 1 is 1.02 bits per heavy atom. The number of aromatic nitrogens is 3. The maximum absolute atomic E-state index is 14.3. The van der Waals surface area contributed by atoms with Gasteiger partial charge in [0.1, 0.15) is 18.0 Å². The first kappa shape index (κ1) is 31.9. The molecule has 1 unspecified atom stereocenters. The van der Waals surface area contributed by atoms with Crippen molar-refractivity contribution < 1.29 is 28.2 Å². The van der Waals surface area contributed by atoms with Gasteiger partial charge in [0.2, 0.25) is 11.1 Å². The van der Waals surface area contributed by atoms with E-state index in [1.54, 1.807) is 42.1 Å². The predicted octanol–water partition coefficient (Wildman–Crippen LogP) is 6.27. The van der Waals surface area contributed by atoms with Crippen molar-refractivity contribution in [1.82, 2.24) is 19.7 Å². The van der Waals surface area contributed by atoms with E-state index in [1.165, 1.54) is 17.8 Å². The second-order valence-electron chi connectivity index (χ2n) is 11.9. The van der Waals surface area contributed by atoms with E-state index in [0.717, 1.165) is 64.5 Å². The number of allylic oxidation sites excluding steroid dienone is 1. The van der Waals surface area contributed by atoms with Crippen LogP contribution in [0.2, 0.25) is 0 Å². The molecule has 2 aromatic carbocycles. The molecular weight excluding hydrogens is 609 g/mol. The SMILES string of the molecule is COc1cc(C2C(C(=O)OC3CCCCC3)=C(C)Nc3nc(SCc4ccccc4F)nn32)ccc1OCC(=O)N1CCCCC1. The number of esters is 1. The third kappa shape index (κ3) is 7.16. The van der Waals surface area contributed by atoms with Crippen LogP contribution in [0.25, 0.3) is 0 Å². The number of fused-ring (bicyclic) bond motifs is 1. The number of hydrogen-bond acceptors (Lipinski definition) is 9. The van der Waals surface area contributed by atoms with E-state index in [1.807, 2.05) is 17.9 Å². The molecule has 3 aliphatic rings. The average Bonchev–Trinajstić information content (AvgIpc) is 3.49. The number of halogens is 1. The summed E-state index contributed by atoms with van der Waals surface area (Å²) in [5.41, 5.74) is 2.29. The number of rotatable bonds is 10. The fourth-order valence-corrected chi connectivity index (χ4v) is 7.08. The summed E-state index contributed by atoms with van der Waals surface area (Å²) in [5, 5.41) is 8.46. The summed E-state index contributed by atoms with van der Waals surface area (Å²) in [5.74, 6) is 0.915. The topological polar surface area (TPSA) is 108 Å². The highest BCUT2D eigenvalue weighted by Crippen LogP contribution is 2.40. The van der Waals surface area contributed by atoms with E-state index in [9.17, 15) is 14.0 Å². The molecule has 244 valence electrons. The van der Waals surface area contributed by atoms with Crippen LogP contribution >= 0.6 is 11.8 Å². The summed E-state index contributed by atoms with van der Waals surface area (Å²) in [4.78, 5) is 33.1. The van der Waals surface area contributed by atoms with E-state index in [2.05, 4.69) is 10.3 Å². The Bertz CT molecular complexity index is 1600. The van der Waals surface area contributed by atoms with Crippen LogP contribution in [0.5, 0.6) is 11.5 Å². The molecule has 1 saturated heterocycles. The minimum Gasteiger partial charge on any atom is -0.493 e. The molecule has 2 aliphatic heterocycles. The monoisotopic (exact) mass is 649 g/mol. The zero-order chi connectivity index (χ0) is 32.0. The Morgan fingerprint density at radius 3 is 2.54 bits per heavy atom. The van der Waals surface area contributed by atoms with Gasteiger partial charge >= 0.3 is 5.97 Å². The Morgan fingerprint density at radius 2 is 1.78 bits per heavy atom. The molecule has 46 heavy (non-hydrogen) atoms. The summed E-state index contributed by atoms with van der Waals surface area (Å²) in [6.07, 6.45) is 7.92. The first-order chi connectivity index (χ1) is 22.4. The summed E-state index contributed by atoms with van der Waals surface area (Å²) in [7, 11) is 1.54. The molecule has 1 atom stereocenters. The molecule has 1 amide bonds. The Labute approximate surface area is 272 Å². The van der Waals surface area contributed by atoms with Gasteiger partial charge in [0, 0.05) is 24.5 Å². The van der Waals surface area contributed by atoms with Gasteiger partial charge in [-0.2, -0.15) is 4.98 Å². The van der Waals surface area contributed by atoms with Crippen molar-refractivity contribution in [3.8, 4) is 11.5 Å². The zero-order valence-electron chi connectivity index (χ0n) is 26.3. The van der Waals surface area contributed by atoms with Gasteiger partial charge in [-0.25, -0.2) is 13.9 Å². The van der Waals surface area contributed by atoms with Gasteiger partial charge in [-0.05, 0) is 81.2 Å². The lowest BCUT2D eigenvalue weighted by molar-refractivity contribution is -0.146. The second kappa shape index (κ2) is 14.6. The van der Waals surface area contributed by atoms with Gasteiger partial charge in [-0.3, -0.25) is 4.79 Å². The van der Waals surface area contributed by atoms with Gasteiger partial charge < -0.3 is 24.4 Å². The molecule has 3 heterocycles. The predicted molar refractivity (Wildman–Crippen MR) is 172 cm³/mol. The summed E-state index contributed by atoms with van der Waals surface area (Å²) >= 11 is 1.31. The second-order valence-corrected chi connectivity index (χ2v) is 12.9. The van der Waals surface area contributed by atoms with E-state index in [4.69, 9.17) is 19.3 Å². The summed E-state index contributed by atoms with van der Waals surface area (Å²) < 4.78 is 33.7. The number of benzene rings is 2. The summed E-state index contributed by atoms with van der Waals surface area (Å²) in [6, 6.07) is 11.3. The number of amides is 1. The smallest absolute Gasteiger partial charge is 0.338 e. The lowest BCUT2D eigenvalue weighted by atomic mass is 9.94. The van der Waals surface area contributed by atoms with Gasteiger partial charge in [0.15, 0.2) is 18.1 Å². The largest absolute Gasteiger partial charge is 0.493 e. The van der Waals surface area contributed by atoms with Crippen LogP contribution in [0.15, 0.2) is 58.9 Å². The number of carbonyl (C=O) groups is 2. The van der Waals surface area contributed by atoms with Crippen LogP contribution in [-0.4, -0.2) is 64.5 Å². The fourth-order valence-electron chi connectivity index (χ4n) is 6.27. The van der Waals surface area contributed by atoms with Crippen molar-refractivity contribution in [2.24, 2.45) is 0 Å². The number of methoxy groups -OCH3 is 1. The molecule has 1 aromatic heterocycles. The number of likely N-dealkylation sites (tertiary alicyclic amines) is 1. The third-order valence-corrected chi connectivity index (χ3v) is 9.64. The standard InChI is InChI=1S/C34H40FN5O5S/c1-22-30(32(42)45-25-12-5-3-6-13-25)31(40-33(36-22)37-34(38-40)46-21-24-11-7-8-14-26(24)35)23-15-16-27(28(19-23)43-2)44-20-29(41)39-17-9-4-10-18-39/h7-8,11,14-16,19,25,31H,3-6,9-10,12-13,17-18,20-21H2,1-2H3,(H,36,37,38). The molecule has 10 nitrogen and oxygen atoms in total. The number of hydrogen-bond donors (Lipinski definition) is 1. The highest BCUT2D eigenvalue weighted by molar-refractivity contribution is 7.98. The molecule has 0 radical (unpaired) electrons. The first-order valence-electron chi connectivity index (χ1n) is 16.0. The van der Waals surface area contributed by atoms with Gasteiger partial charge in [0.25, 0.3) is 5.91 Å². The number of piperidine rings is 1. The lowest BCUT2D eigenvalue weighted by Crippen LogP contribution is -2.38. The van der Waals surface area contributed by atoms with E-state index in [0.29, 0.717) is 50.8 Å². The number of ether oxygens (including phenoxy) is 3. The highest BCUT2D eigenvalue weighted by Gasteiger charge is 2.37. The van der Waals surface area contributed by atoms with Gasteiger partial charge in [-0.15, -0.1) is 5.10 Å². The molecule has 0 bridgehead atoms. The van der Waals surface area contributed by atoms with E-state index < -0.39 is 12.0 Å². The van der Waals surface area contributed by atoms with Crippen LogP contribution in [0.3, 0.4) is 0 Å². The van der Waals surface area contributed by atoms with E-state index >= 15 is 0 Å². The van der Waals surface area contributed by atoms with Gasteiger partial charge in [-0.1, -0.05) is 42.4 Å². The fraction of sp³-hybridized carbons (Fsp3) is 0.471. The highest BCUT2D eigenvalue weighted by atomic mass is 32.2. The summed E-state index contributed by atoms with van der Waals surface area (Å²) in [6.45, 7) is 3.24. The quantitative estimate of drug-likeness (QED) is 0.201. The molecule has 1 N–H and O–H groups in total. The maximum atomic E-state index is 14.3. The van der Waals surface area contributed by atoms with Crippen LogP contribution in [-0.2, 0) is 20.1 Å². The third-order valence-electron chi connectivity index (χ3n) is 8.76. The van der Waals surface area contributed by atoms with Gasteiger partial charge in [0.05, 0.1) is 12.7 Å². The van der Waals surface area contributed by atoms with Crippen LogP contribution < -0.4 is 14.8 Å². The van der Waals surface area contributed by atoms with Crippen LogP contribution in [0.1, 0.15) is 75.5 Å².